The summed E-state index contributed by atoms with van der Waals surface area (Å²) in [7, 11) is 0. The third-order valence-corrected chi connectivity index (χ3v) is 5.90. The zero-order chi connectivity index (χ0) is 14.4. The second-order valence-electron chi connectivity index (χ2n) is 7.49. The van der Waals surface area contributed by atoms with Crippen molar-refractivity contribution in [1.29, 1.82) is 0 Å². The SMILES string of the molecule is NC(=O)C(Oc1ccccc1)C12CC3CC(CC(C3)C1)C2. The molecule has 0 radical (unpaired) electrons. The van der Waals surface area contributed by atoms with Crippen LogP contribution in [0.1, 0.15) is 38.5 Å². The van der Waals surface area contributed by atoms with Gasteiger partial charge in [0, 0.05) is 5.41 Å². The average molecular weight is 285 g/mol. The average Bonchev–Trinajstić information content (AvgIpc) is 2.44. The fraction of sp³-hybridized carbons (Fsp3) is 0.611. The summed E-state index contributed by atoms with van der Waals surface area (Å²) in [5.41, 5.74) is 5.74. The molecule has 4 bridgehead atoms. The lowest BCUT2D eigenvalue weighted by atomic mass is 9.48. The van der Waals surface area contributed by atoms with E-state index in [0.29, 0.717) is 0 Å². The maximum atomic E-state index is 12.1. The molecule has 0 heterocycles. The highest BCUT2D eigenvalue weighted by Crippen LogP contribution is 2.61. The van der Waals surface area contributed by atoms with Gasteiger partial charge in [-0.25, -0.2) is 0 Å². The Labute approximate surface area is 125 Å². The van der Waals surface area contributed by atoms with Crippen molar-refractivity contribution in [3.05, 3.63) is 30.3 Å². The van der Waals surface area contributed by atoms with Crippen LogP contribution in [-0.4, -0.2) is 12.0 Å². The number of nitrogens with two attached hydrogens (primary N) is 1. The molecule has 1 aromatic rings. The Kier molecular flexibility index (Phi) is 2.98. The molecule has 1 unspecified atom stereocenters. The molecule has 4 aliphatic carbocycles. The van der Waals surface area contributed by atoms with E-state index < -0.39 is 6.10 Å². The molecule has 1 amide bonds. The van der Waals surface area contributed by atoms with Crippen LogP contribution in [0.4, 0.5) is 0 Å². The van der Waals surface area contributed by atoms with E-state index in [-0.39, 0.29) is 11.3 Å². The molecule has 1 aromatic carbocycles. The number of hydrogen-bond donors (Lipinski definition) is 1. The number of carbonyl (C=O) groups excluding carboxylic acids is 1. The van der Waals surface area contributed by atoms with Gasteiger partial charge in [-0.1, -0.05) is 18.2 Å². The van der Waals surface area contributed by atoms with Crippen molar-refractivity contribution in [2.45, 2.75) is 44.6 Å². The van der Waals surface area contributed by atoms with Gasteiger partial charge in [0.15, 0.2) is 6.10 Å². The van der Waals surface area contributed by atoms with E-state index in [1.54, 1.807) is 0 Å². The zero-order valence-electron chi connectivity index (χ0n) is 12.3. The van der Waals surface area contributed by atoms with E-state index in [9.17, 15) is 4.79 Å². The molecule has 5 rings (SSSR count). The number of ether oxygens (including phenoxy) is 1. The standard InChI is InChI=1S/C18H23NO2/c19-17(20)16(21-15-4-2-1-3-5-15)18-9-12-6-13(10-18)8-14(7-12)11-18/h1-5,12-14,16H,6-11H2,(H2,19,20). The molecule has 21 heavy (non-hydrogen) atoms. The highest BCUT2D eigenvalue weighted by atomic mass is 16.5. The monoisotopic (exact) mass is 285 g/mol. The van der Waals surface area contributed by atoms with Crippen molar-refractivity contribution in [2.24, 2.45) is 28.9 Å². The van der Waals surface area contributed by atoms with Crippen molar-refractivity contribution in [1.82, 2.24) is 0 Å². The molecule has 2 N–H and O–H groups in total. The lowest BCUT2D eigenvalue weighted by Crippen LogP contribution is -2.57. The molecule has 0 aliphatic heterocycles. The minimum atomic E-state index is -0.465. The van der Waals surface area contributed by atoms with E-state index in [1.807, 2.05) is 30.3 Å². The summed E-state index contributed by atoms with van der Waals surface area (Å²) in [5, 5.41) is 0. The Hall–Kier alpha value is -1.51. The van der Waals surface area contributed by atoms with Crippen LogP contribution in [0.25, 0.3) is 0 Å². The fourth-order valence-corrected chi connectivity index (χ4v) is 5.62. The van der Waals surface area contributed by atoms with Crippen LogP contribution in [-0.2, 0) is 4.79 Å². The minimum absolute atomic E-state index is 0.00355. The minimum Gasteiger partial charge on any atom is -0.480 e. The highest BCUT2D eigenvalue weighted by Gasteiger charge is 2.56. The largest absolute Gasteiger partial charge is 0.480 e. The number of carbonyl (C=O) groups is 1. The van der Waals surface area contributed by atoms with Gasteiger partial charge < -0.3 is 10.5 Å². The Bertz CT molecular complexity index is 504. The van der Waals surface area contributed by atoms with Gasteiger partial charge in [-0.05, 0) is 68.4 Å². The van der Waals surface area contributed by atoms with E-state index in [0.717, 1.165) is 42.8 Å². The number of para-hydroxylation sites is 1. The first-order valence-electron chi connectivity index (χ1n) is 8.16. The van der Waals surface area contributed by atoms with Gasteiger partial charge in [0.2, 0.25) is 0 Å². The first kappa shape index (κ1) is 13.2. The maximum Gasteiger partial charge on any atom is 0.259 e. The second kappa shape index (κ2) is 4.75. The van der Waals surface area contributed by atoms with Crippen LogP contribution in [0.2, 0.25) is 0 Å². The molecule has 4 fully saturated rings. The molecular formula is C18H23NO2. The van der Waals surface area contributed by atoms with E-state index in [2.05, 4.69) is 0 Å². The summed E-state index contributed by atoms with van der Waals surface area (Å²) in [5.74, 6) is 2.84. The Morgan fingerprint density at radius 1 is 1.05 bits per heavy atom. The summed E-state index contributed by atoms with van der Waals surface area (Å²) in [4.78, 5) is 12.1. The van der Waals surface area contributed by atoms with Gasteiger partial charge in [0.25, 0.3) is 5.91 Å². The number of primary amides is 1. The predicted molar refractivity (Wildman–Crippen MR) is 80.7 cm³/mol. The van der Waals surface area contributed by atoms with Gasteiger partial charge in [-0.3, -0.25) is 4.79 Å². The summed E-state index contributed by atoms with van der Waals surface area (Å²) in [6, 6.07) is 9.66. The molecule has 0 saturated heterocycles. The molecule has 112 valence electrons. The third-order valence-electron chi connectivity index (χ3n) is 5.90. The summed E-state index contributed by atoms with van der Waals surface area (Å²) >= 11 is 0. The Balaban J connectivity index is 1.63. The van der Waals surface area contributed by atoms with Gasteiger partial charge in [-0.2, -0.15) is 0 Å². The Morgan fingerprint density at radius 3 is 2.05 bits per heavy atom. The second-order valence-corrected chi connectivity index (χ2v) is 7.49. The molecular weight excluding hydrogens is 262 g/mol. The number of hydrogen-bond acceptors (Lipinski definition) is 2. The smallest absolute Gasteiger partial charge is 0.259 e. The zero-order valence-corrected chi connectivity index (χ0v) is 12.3. The third kappa shape index (κ3) is 2.23. The van der Waals surface area contributed by atoms with Crippen LogP contribution in [0.15, 0.2) is 30.3 Å². The Morgan fingerprint density at radius 2 is 1.57 bits per heavy atom. The lowest BCUT2D eigenvalue weighted by Gasteiger charge is -2.58. The van der Waals surface area contributed by atoms with Crippen LogP contribution < -0.4 is 10.5 Å². The molecule has 0 spiro atoms. The fourth-order valence-electron chi connectivity index (χ4n) is 5.62. The van der Waals surface area contributed by atoms with Crippen LogP contribution in [0, 0.1) is 23.2 Å². The van der Waals surface area contributed by atoms with Crippen LogP contribution >= 0.6 is 0 Å². The van der Waals surface area contributed by atoms with E-state index >= 15 is 0 Å². The molecule has 4 aliphatic rings. The summed E-state index contributed by atoms with van der Waals surface area (Å²) < 4.78 is 6.09. The van der Waals surface area contributed by atoms with Gasteiger partial charge >= 0.3 is 0 Å². The molecule has 3 nitrogen and oxygen atoms in total. The predicted octanol–water partition coefficient (Wildman–Crippen LogP) is 3.14. The number of amides is 1. The van der Waals surface area contributed by atoms with Gasteiger partial charge in [0.1, 0.15) is 5.75 Å². The van der Waals surface area contributed by atoms with Crippen molar-refractivity contribution >= 4 is 5.91 Å². The topological polar surface area (TPSA) is 52.3 Å². The van der Waals surface area contributed by atoms with Crippen molar-refractivity contribution in [2.75, 3.05) is 0 Å². The molecule has 3 heteroatoms. The van der Waals surface area contributed by atoms with Crippen LogP contribution in [0.5, 0.6) is 5.75 Å². The molecule has 0 aromatic heterocycles. The van der Waals surface area contributed by atoms with E-state index in [1.165, 1.54) is 19.3 Å². The van der Waals surface area contributed by atoms with Crippen molar-refractivity contribution < 1.29 is 9.53 Å². The van der Waals surface area contributed by atoms with Gasteiger partial charge in [-0.15, -0.1) is 0 Å². The van der Waals surface area contributed by atoms with E-state index in [4.69, 9.17) is 10.5 Å². The summed E-state index contributed by atoms with van der Waals surface area (Å²) in [6.07, 6.45) is 6.98. The summed E-state index contributed by atoms with van der Waals surface area (Å²) in [6.45, 7) is 0. The van der Waals surface area contributed by atoms with Gasteiger partial charge in [0.05, 0.1) is 0 Å². The first-order valence-corrected chi connectivity index (χ1v) is 8.16. The molecule has 4 saturated carbocycles. The first-order chi connectivity index (χ1) is 10.1. The van der Waals surface area contributed by atoms with Crippen molar-refractivity contribution in [3.8, 4) is 5.75 Å². The quantitative estimate of drug-likeness (QED) is 0.924. The van der Waals surface area contributed by atoms with Crippen LogP contribution in [0.3, 0.4) is 0 Å². The molecule has 1 atom stereocenters. The maximum absolute atomic E-state index is 12.1. The normalized spacial score (nSPS) is 38.2. The number of rotatable bonds is 4. The highest BCUT2D eigenvalue weighted by molar-refractivity contribution is 5.80. The lowest BCUT2D eigenvalue weighted by molar-refractivity contribution is -0.147. The van der Waals surface area contributed by atoms with Crippen molar-refractivity contribution in [3.63, 3.8) is 0 Å². The number of benzene rings is 1.